The summed E-state index contributed by atoms with van der Waals surface area (Å²) in [4.78, 5) is 0. The highest BCUT2D eigenvalue weighted by Gasteiger charge is 2.13. The minimum absolute atomic E-state index is 0.0411. The Labute approximate surface area is 83.8 Å². The normalized spacial score (nSPS) is 10.3. The van der Waals surface area contributed by atoms with Crippen molar-refractivity contribution >= 4 is 43.5 Å². The van der Waals surface area contributed by atoms with Crippen LogP contribution in [0.5, 0.6) is 0 Å². The zero-order chi connectivity index (χ0) is 8.59. The summed E-state index contributed by atoms with van der Waals surface area (Å²) < 4.78 is 25.8. The van der Waals surface area contributed by atoms with E-state index in [4.69, 9.17) is 11.6 Å². The second-order valence-electron chi connectivity index (χ2n) is 1.78. The van der Waals surface area contributed by atoms with E-state index < -0.39 is 11.6 Å². The molecule has 0 aliphatic carbocycles. The van der Waals surface area contributed by atoms with Crippen molar-refractivity contribution in [2.45, 2.75) is 0 Å². The van der Waals surface area contributed by atoms with Crippen LogP contribution in [0.25, 0.3) is 0 Å². The molecular weight excluding hydrogens is 305 g/mol. The molecule has 0 N–H and O–H groups in total. The Bertz CT molecular complexity index is 275. The van der Waals surface area contributed by atoms with Crippen LogP contribution in [0.15, 0.2) is 15.0 Å². The first-order chi connectivity index (χ1) is 5.04. The monoisotopic (exact) mass is 304 g/mol. The zero-order valence-electron chi connectivity index (χ0n) is 4.97. The molecule has 0 saturated heterocycles. The first-order valence-corrected chi connectivity index (χ1v) is 4.49. The van der Waals surface area contributed by atoms with Crippen molar-refractivity contribution in [3.05, 3.63) is 31.7 Å². The smallest absolute Gasteiger partial charge is 0.178 e. The lowest BCUT2D eigenvalue weighted by molar-refractivity contribution is 0.504. The minimum Gasteiger partial charge on any atom is -0.202 e. The largest absolute Gasteiger partial charge is 0.202 e. The molecule has 1 aromatic carbocycles. The number of benzene rings is 1. The lowest BCUT2D eigenvalue weighted by atomic mass is 10.3. The topological polar surface area (TPSA) is 0 Å². The van der Waals surface area contributed by atoms with E-state index in [1.54, 1.807) is 0 Å². The second kappa shape index (κ2) is 3.37. The van der Waals surface area contributed by atoms with Gasteiger partial charge < -0.3 is 0 Å². The van der Waals surface area contributed by atoms with Gasteiger partial charge in [0.1, 0.15) is 0 Å². The molecule has 0 aliphatic heterocycles. The van der Waals surface area contributed by atoms with Gasteiger partial charge in [0.05, 0.1) is 9.50 Å². The molecule has 0 unspecified atom stereocenters. The van der Waals surface area contributed by atoms with Crippen molar-refractivity contribution in [1.29, 1.82) is 0 Å². The van der Waals surface area contributed by atoms with E-state index in [2.05, 4.69) is 31.9 Å². The van der Waals surface area contributed by atoms with Gasteiger partial charge in [-0.3, -0.25) is 0 Å². The fraction of sp³-hybridized carbons (Fsp3) is 0. The molecular formula is C6HBr2ClF2. The van der Waals surface area contributed by atoms with Crippen molar-refractivity contribution in [3.8, 4) is 0 Å². The molecule has 0 nitrogen and oxygen atoms in total. The Balaban J connectivity index is 3.46. The van der Waals surface area contributed by atoms with E-state index in [1.807, 2.05) is 0 Å². The summed E-state index contributed by atoms with van der Waals surface area (Å²) in [5.41, 5.74) is 0. The van der Waals surface area contributed by atoms with Gasteiger partial charge in [0.25, 0.3) is 0 Å². The molecule has 0 aliphatic rings. The van der Waals surface area contributed by atoms with Gasteiger partial charge >= 0.3 is 0 Å². The molecule has 60 valence electrons. The third-order valence-electron chi connectivity index (χ3n) is 1.06. The van der Waals surface area contributed by atoms with Gasteiger partial charge in [0.15, 0.2) is 11.6 Å². The minimum atomic E-state index is -1.04. The first-order valence-electron chi connectivity index (χ1n) is 2.52. The Morgan fingerprint density at radius 3 is 2.27 bits per heavy atom. The molecule has 0 heterocycles. The molecule has 5 heteroatoms. The molecule has 1 aromatic rings. The van der Waals surface area contributed by atoms with Gasteiger partial charge in [-0.25, -0.2) is 8.78 Å². The van der Waals surface area contributed by atoms with Crippen LogP contribution in [-0.2, 0) is 0 Å². The summed E-state index contributed by atoms with van der Waals surface area (Å²) in [5.74, 6) is -2.02. The lowest BCUT2D eigenvalue weighted by Gasteiger charge is -2.00. The molecule has 11 heavy (non-hydrogen) atoms. The summed E-state index contributed by atoms with van der Waals surface area (Å²) in [5, 5.41) is -0.238. The van der Waals surface area contributed by atoms with Crippen molar-refractivity contribution in [1.82, 2.24) is 0 Å². The summed E-state index contributed by atoms with van der Waals surface area (Å²) in [6.45, 7) is 0. The third kappa shape index (κ3) is 1.73. The zero-order valence-corrected chi connectivity index (χ0v) is 8.90. The van der Waals surface area contributed by atoms with Crippen molar-refractivity contribution in [3.63, 3.8) is 0 Å². The highest BCUT2D eigenvalue weighted by atomic mass is 79.9. The predicted octanol–water partition coefficient (Wildman–Crippen LogP) is 4.14. The summed E-state index contributed by atoms with van der Waals surface area (Å²) >= 11 is 11.2. The summed E-state index contributed by atoms with van der Waals surface area (Å²) in [7, 11) is 0. The van der Waals surface area contributed by atoms with Crippen LogP contribution >= 0.6 is 43.5 Å². The van der Waals surface area contributed by atoms with E-state index in [1.165, 1.54) is 6.07 Å². The van der Waals surface area contributed by atoms with Gasteiger partial charge in [-0.1, -0.05) is 11.6 Å². The van der Waals surface area contributed by atoms with Crippen LogP contribution < -0.4 is 0 Å². The SMILES string of the molecule is Fc1c(Cl)cc(Br)c(Br)c1F. The number of rotatable bonds is 0. The summed E-state index contributed by atoms with van der Waals surface area (Å²) in [6, 6.07) is 1.28. The average molecular weight is 306 g/mol. The van der Waals surface area contributed by atoms with Crippen LogP contribution in [0.2, 0.25) is 5.02 Å². The van der Waals surface area contributed by atoms with E-state index in [-0.39, 0.29) is 9.50 Å². The predicted molar refractivity (Wildman–Crippen MR) is 46.8 cm³/mol. The van der Waals surface area contributed by atoms with Crippen LogP contribution in [0.4, 0.5) is 8.78 Å². The van der Waals surface area contributed by atoms with E-state index >= 15 is 0 Å². The Hall–Kier alpha value is 0.330. The maximum absolute atomic E-state index is 12.7. The molecule has 0 saturated carbocycles. The van der Waals surface area contributed by atoms with E-state index in [0.29, 0.717) is 4.47 Å². The fourth-order valence-corrected chi connectivity index (χ4v) is 1.56. The standard InChI is InChI=1S/C6HBr2ClF2/c7-2-1-3(9)5(10)6(11)4(2)8/h1H. The van der Waals surface area contributed by atoms with Gasteiger partial charge in [0.2, 0.25) is 0 Å². The van der Waals surface area contributed by atoms with Crippen molar-refractivity contribution < 1.29 is 8.78 Å². The molecule has 0 fully saturated rings. The molecule has 0 aromatic heterocycles. The van der Waals surface area contributed by atoms with Crippen LogP contribution in [0.3, 0.4) is 0 Å². The van der Waals surface area contributed by atoms with Crippen molar-refractivity contribution in [2.24, 2.45) is 0 Å². The van der Waals surface area contributed by atoms with Gasteiger partial charge in [-0.05, 0) is 37.9 Å². The van der Waals surface area contributed by atoms with Gasteiger partial charge in [-0.2, -0.15) is 0 Å². The van der Waals surface area contributed by atoms with Crippen LogP contribution in [0.1, 0.15) is 0 Å². The molecule has 0 amide bonds. The maximum atomic E-state index is 12.7. The van der Waals surface area contributed by atoms with Crippen LogP contribution in [-0.4, -0.2) is 0 Å². The molecule has 0 radical (unpaired) electrons. The van der Waals surface area contributed by atoms with E-state index in [0.717, 1.165) is 0 Å². The molecule has 0 bridgehead atoms. The molecule has 1 rings (SSSR count). The van der Waals surface area contributed by atoms with Gasteiger partial charge in [-0.15, -0.1) is 0 Å². The summed E-state index contributed by atoms with van der Waals surface area (Å²) in [6.07, 6.45) is 0. The first kappa shape index (κ1) is 9.42. The average Bonchev–Trinajstić information content (AvgIpc) is 1.97. The molecule has 0 spiro atoms. The van der Waals surface area contributed by atoms with Gasteiger partial charge in [0, 0.05) is 4.47 Å². The Kier molecular flexibility index (Phi) is 2.89. The molecule has 0 atom stereocenters. The highest BCUT2D eigenvalue weighted by molar-refractivity contribution is 9.13. The van der Waals surface area contributed by atoms with E-state index in [9.17, 15) is 8.78 Å². The number of hydrogen-bond donors (Lipinski definition) is 0. The maximum Gasteiger partial charge on any atom is 0.178 e. The number of halogens is 5. The Morgan fingerprint density at radius 2 is 1.73 bits per heavy atom. The Morgan fingerprint density at radius 1 is 1.18 bits per heavy atom. The van der Waals surface area contributed by atoms with Crippen LogP contribution in [0, 0.1) is 11.6 Å². The third-order valence-corrected chi connectivity index (χ3v) is 3.27. The highest BCUT2D eigenvalue weighted by Crippen LogP contribution is 2.31. The van der Waals surface area contributed by atoms with Crippen molar-refractivity contribution in [2.75, 3.05) is 0 Å². The lowest BCUT2D eigenvalue weighted by Crippen LogP contribution is -1.87. The fourth-order valence-electron chi connectivity index (χ4n) is 0.544. The second-order valence-corrected chi connectivity index (χ2v) is 3.84. The number of hydrogen-bond acceptors (Lipinski definition) is 0. The quantitative estimate of drug-likeness (QED) is 0.499.